The Bertz CT molecular complexity index is 489. The molecule has 1 aliphatic rings. The summed E-state index contributed by atoms with van der Waals surface area (Å²) in [5.41, 5.74) is 0.686. The molecule has 0 saturated carbocycles. The first-order valence-corrected chi connectivity index (χ1v) is 7.49. The van der Waals surface area contributed by atoms with Crippen molar-refractivity contribution in [2.24, 2.45) is 0 Å². The maximum absolute atomic E-state index is 11.0. The van der Waals surface area contributed by atoms with E-state index in [0.717, 1.165) is 25.9 Å². The van der Waals surface area contributed by atoms with Crippen LogP contribution in [0.2, 0.25) is 0 Å². The lowest BCUT2D eigenvalue weighted by atomic mass is 10.0. The van der Waals surface area contributed by atoms with Gasteiger partial charge in [0.05, 0.1) is 17.6 Å². The summed E-state index contributed by atoms with van der Waals surface area (Å²) in [6.07, 6.45) is 1.32. The summed E-state index contributed by atoms with van der Waals surface area (Å²) in [5, 5.41) is 24.0. The molecule has 0 radical (unpaired) electrons. The summed E-state index contributed by atoms with van der Waals surface area (Å²) in [7, 11) is 1.58. The van der Waals surface area contributed by atoms with E-state index in [1.807, 2.05) is 0 Å². The molecule has 1 aliphatic heterocycles. The summed E-state index contributed by atoms with van der Waals surface area (Å²) in [6, 6.07) is 6.94. The number of hydrogen-bond acceptors (Lipinski definition) is 6. The molecule has 0 spiro atoms. The molecule has 0 unspecified atom stereocenters. The number of nitrogens with zero attached hydrogens (tertiary/aromatic N) is 2. The molecule has 2 rings (SSSR count). The standard InChI is InChI=1S/C15H23N3O4/c1-22-11-13(19)10-17-8-6-12(7-9-17)16-14-4-2-3-5-15(14)18(20)21/h2-5,12-13,16,19H,6-11H2,1H3/t13-/m1/s1. The lowest BCUT2D eigenvalue weighted by Gasteiger charge is -2.33. The first kappa shape index (κ1) is 16.7. The van der Waals surface area contributed by atoms with E-state index in [4.69, 9.17) is 4.74 Å². The number of nitro groups is 1. The molecule has 0 amide bonds. The molecule has 7 nitrogen and oxygen atoms in total. The molecular formula is C15H23N3O4. The Balaban J connectivity index is 1.84. The minimum absolute atomic E-state index is 0.112. The van der Waals surface area contributed by atoms with Crippen molar-refractivity contribution in [1.82, 2.24) is 4.90 Å². The second-order valence-electron chi connectivity index (χ2n) is 5.60. The fourth-order valence-electron chi connectivity index (χ4n) is 2.78. The lowest BCUT2D eigenvalue weighted by molar-refractivity contribution is -0.384. The van der Waals surface area contributed by atoms with Crippen molar-refractivity contribution in [3.8, 4) is 0 Å². The van der Waals surface area contributed by atoms with Crippen LogP contribution in [-0.4, -0.2) is 60.4 Å². The Hall–Kier alpha value is -1.70. The van der Waals surface area contributed by atoms with E-state index in [2.05, 4.69) is 10.2 Å². The van der Waals surface area contributed by atoms with Crippen LogP contribution < -0.4 is 5.32 Å². The highest BCUT2D eigenvalue weighted by molar-refractivity contribution is 5.61. The maximum Gasteiger partial charge on any atom is 0.292 e. The van der Waals surface area contributed by atoms with E-state index in [1.54, 1.807) is 25.3 Å². The quantitative estimate of drug-likeness (QED) is 0.586. The van der Waals surface area contributed by atoms with Crippen LogP contribution in [0.5, 0.6) is 0 Å². The van der Waals surface area contributed by atoms with Crippen LogP contribution in [0, 0.1) is 10.1 Å². The fourth-order valence-corrected chi connectivity index (χ4v) is 2.78. The first-order chi connectivity index (χ1) is 10.6. The molecule has 1 saturated heterocycles. The minimum atomic E-state index is -0.468. The first-order valence-electron chi connectivity index (χ1n) is 7.49. The van der Waals surface area contributed by atoms with Gasteiger partial charge in [-0.15, -0.1) is 0 Å². The van der Waals surface area contributed by atoms with Crippen LogP contribution in [-0.2, 0) is 4.74 Å². The normalized spacial score (nSPS) is 18.1. The Morgan fingerprint density at radius 1 is 1.45 bits per heavy atom. The maximum atomic E-state index is 11.0. The van der Waals surface area contributed by atoms with E-state index in [0.29, 0.717) is 18.8 Å². The number of rotatable bonds is 7. The Morgan fingerprint density at radius 2 is 2.14 bits per heavy atom. The number of aliphatic hydroxyl groups is 1. The molecule has 1 aromatic rings. The third-order valence-electron chi connectivity index (χ3n) is 3.88. The molecule has 0 bridgehead atoms. The van der Waals surface area contributed by atoms with Gasteiger partial charge in [0.2, 0.25) is 0 Å². The van der Waals surface area contributed by atoms with Crippen molar-refractivity contribution in [2.75, 3.05) is 38.7 Å². The zero-order valence-electron chi connectivity index (χ0n) is 12.8. The van der Waals surface area contributed by atoms with Crippen LogP contribution in [0.3, 0.4) is 0 Å². The third kappa shape index (κ3) is 4.66. The molecule has 22 heavy (non-hydrogen) atoms. The Kier molecular flexibility index (Phi) is 6.11. The van der Waals surface area contributed by atoms with Crippen molar-refractivity contribution in [3.05, 3.63) is 34.4 Å². The number of likely N-dealkylation sites (tertiary alicyclic amines) is 1. The summed E-state index contributed by atoms with van der Waals surface area (Å²) in [4.78, 5) is 12.8. The van der Waals surface area contributed by atoms with Crippen LogP contribution in [0.4, 0.5) is 11.4 Å². The van der Waals surface area contributed by atoms with E-state index in [1.165, 1.54) is 6.07 Å². The summed E-state index contributed by atoms with van der Waals surface area (Å²) >= 11 is 0. The zero-order chi connectivity index (χ0) is 15.9. The second-order valence-corrected chi connectivity index (χ2v) is 5.60. The molecule has 0 aliphatic carbocycles. The van der Waals surface area contributed by atoms with Gasteiger partial charge >= 0.3 is 0 Å². The van der Waals surface area contributed by atoms with Crippen LogP contribution >= 0.6 is 0 Å². The number of hydrogen-bond donors (Lipinski definition) is 2. The number of β-amino-alcohol motifs (C(OH)–C–C–N with tert-alkyl or cyclic N) is 1. The minimum Gasteiger partial charge on any atom is -0.389 e. The Labute approximate surface area is 130 Å². The molecule has 0 aromatic heterocycles. The van der Waals surface area contributed by atoms with Gasteiger partial charge in [0.1, 0.15) is 5.69 Å². The van der Waals surface area contributed by atoms with E-state index >= 15 is 0 Å². The van der Waals surface area contributed by atoms with Crippen LogP contribution in [0.15, 0.2) is 24.3 Å². The molecule has 1 heterocycles. The van der Waals surface area contributed by atoms with E-state index < -0.39 is 6.10 Å². The fraction of sp³-hybridized carbons (Fsp3) is 0.600. The number of piperidine rings is 1. The molecule has 7 heteroatoms. The van der Waals surface area contributed by atoms with Gasteiger partial charge in [-0.25, -0.2) is 0 Å². The molecule has 122 valence electrons. The van der Waals surface area contributed by atoms with Gasteiger partial charge in [-0.1, -0.05) is 12.1 Å². The third-order valence-corrected chi connectivity index (χ3v) is 3.88. The van der Waals surface area contributed by atoms with Crippen molar-refractivity contribution in [2.45, 2.75) is 25.0 Å². The summed E-state index contributed by atoms with van der Waals surface area (Å²) in [6.45, 7) is 2.67. The van der Waals surface area contributed by atoms with Crippen LogP contribution in [0.1, 0.15) is 12.8 Å². The predicted octanol–water partition coefficient (Wildman–Crippen LogP) is 1.48. The molecule has 1 atom stereocenters. The SMILES string of the molecule is COC[C@H](O)CN1CCC(Nc2ccccc2[N+](=O)[O-])CC1. The molecular weight excluding hydrogens is 286 g/mol. The van der Waals surface area contributed by atoms with Crippen molar-refractivity contribution in [3.63, 3.8) is 0 Å². The predicted molar refractivity (Wildman–Crippen MR) is 84.1 cm³/mol. The van der Waals surface area contributed by atoms with Gasteiger partial charge in [0.25, 0.3) is 5.69 Å². The monoisotopic (exact) mass is 309 g/mol. The van der Waals surface area contributed by atoms with Gasteiger partial charge in [-0.3, -0.25) is 10.1 Å². The van der Waals surface area contributed by atoms with Crippen molar-refractivity contribution in [1.29, 1.82) is 0 Å². The van der Waals surface area contributed by atoms with Gasteiger partial charge < -0.3 is 20.1 Å². The summed E-state index contributed by atoms with van der Waals surface area (Å²) in [5.74, 6) is 0. The lowest BCUT2D eigenvalue weighted by Crippen LogP contribution is -2.43. The highest BCUT2D eigenvalue weighted by Gasteiger charge is 2.23. The number of anilines is 1. The molecule has 1 aromatic carbocycles. The van der Waals surface area contributed by atoms with Crippen molar-refractivity contribution < 1.29 is 14.8 Å². The number of nitrogens with one attached hydrogen (secondary N) is 1. The van der Waals surface area contributed by atoms with E-state index in [-0.39, 0.29) is 16.7 Å². The number of methoxy groups -OCH3 is 1. The highest BCUT2D eigenvalue weighted by atomic mass is 16.6. The van der Waals surface area contributed by atoms with Crippen molar-refractivity contribution >= 4 is 11.4 Å². The number of benzene rings is 1. The highest BCUT2D eigenvalue weighted by Crippen LogP contribution is 2.26. The van der Waals surface area contributed by atoms with E-state index in [9.17, 15) is 15.2 Å². The van der Waals surface area contributed by atoms with Gasteiger partial charge in [-0.2, -0.15) is 0 Å². The summed E-state index contributed by atoms with van der Waals surface area (Å²) < 4.78 is 4.93. The van der Waals surface area contributed by atoms with Gasteiger partial charge in [-0.05, 0) is 18.9 Å². The molecule has 1 fully saturated rings. The largest absolute Gasteiger partial charge is 0.389 e. The number of para-hydroxylation sites is 2. The zero-order valence-corrected chi connectivity index (χ0v) is 12.8. The average Bonchev–Trinajstić information content (AvgIpc) is 2.50. The molecule has 2 N–H and O–H groups in total. The number of ether oxygens (including phenoxy) is 1. The Morgan fingerprint density at radius 3 is 2.77 bits per heavy atom. The second kappa shape index (κ2) is 8.07. The van der Waals surface area contributed by atoms with Gasteiger partial charge in [0, 0.05) is 38.9 Å². The van der Waals surface area contributed by atoms with Gasteiger partial charge in [0.15, 0.2) is 0 Å². The number of aliphatic hydroxyl groups excluding tert-OH is 1. The smallest absolute Gasteiger partial charge is 0.292 e. The topological polar surface area (TPSA) is 87.9 Å². The number of nitro benzene ring substituents is 1. The average molecular weight is 309 g/mol. The van der Waals surface area contributed by atoms with Crippen LogP contribution in [0.25, 0.3) is 0 Å².